The van der Waals surface area contributed by atoms with Crippen LogP contribution in [0.25, 0.3) is 0 Å². The number of thiophene rings is 1. The van der Waals surface area contributed by atoms with E-state index in [1.165, 1.54) is 46.5 Å². The van der Waals surface area contributed by atoms with Gasteiger partial charge in [-0.3, -0.25) is 4.79 Å². The minimum atomic E-state index is -3.79. The molecule has 1 aliphatic rings. The summed E-state index contributed by atoms with van der Waals surface area (Å²) in [5.41, 5.74) is 0.167. The van der Waals surface area contributed by atoms with Gasteiger partial charge in [0, 0.05) is 33.2 Å². The van der Waals surface area contributed by atoms with E-state index in [-0.39, 0.29) is 23.2 Å². The van der Waals surface area contributed by atoms with Crippen LogP contribution >= 0.6 is 11.3 Å². The molecule has 1 aliphatic heterocycles. The molecule has 2 aromatic rings. The summed E-state index contributed by atoms with van der Waals surface area (Å²) in [6, 6.07) is 6.43. The number of ether oxygens (including phenoxy) is 1. The Hall–Kier alpha value is -2.17. The third-order valence-electron chi connectivity index (χ3n) is 4.55. The van der Waals surface area contributed by atoms with Gasteiger partial charge >= 0.3 is 5.97 Å². The standard InChI is InChI=1S/C17H21N3O5S2/c1-18-13(17(22)25-2)6-7-15(18)27(23,24)20-9-4-8-19(10-11-20)16(21)14-5-3-12-26-14/h3,5-7,12H,4,8-11H2,1-2H3. The zero-order valence-electron chi connectivity index (χ0n) is 15.1. The number of esters is 1. The number of nitrogens with zero attached hydrogens (tertiary/aromatic N) is 3. The predicted molar refractivity (Wildman–Crippen MR) is 100 cm³/mol. The molecule has 0 saturated carbocycles. The normalized spacial score (nSPS) is 16.1. The molecule has 0 atom stereocenters. The molecule has 1 amide bonds. The van der Waals surface area contributed by atoms with E-state index >= 15 is 0 Å². The van der Waals surface area contributed by atoms with Gasteiger partial charge in [-0.1, -0.05) is 6.07 Å². The van der Waals surface area contributed by atoms with Gasteiger partial charge < -0.3 is 14.2 Å². The predicted octanol–water partition coefficient (Wildman–Crippen LogP) is 1.41. The summed E-state index contributed by atoms with van der Waals surface area (Å²) in [4.78, 5) is 26.6. The molecule has 10 heteroatoms. The second-order valence-corrected chi connectivity index (χ2v) is 8.97. The van der Waals surface area contributed by atoms with E-state index in [1.54, 1.807) is 11.0 Å². The molecule has 0 radical (unpaired) electrons. The number of aromatic nitrogens is 1. The maximum Gasteiger partial charge on any atom is 0.354 e. The Morgan fingerprint density at radius 3 is 2.56 bits per heavy atom. The van der Waals surface area contributed by atoms with E-state index < -0.39 is 16.0 Å². The lowest BCUT2D eigenvalue weighted by Gasteiger charge is -2.22. The van der Waals surface area contributed by atoms with Crippen molar-refractivity contribution in [2.75, 3.05) is 33.3 Å². The first-order valence-electron chi connectivity index (χ1n) is 8.43. The summed E-state index contributed by atoms with van der Waals surface area (Å²) in [6.45, 7) is 1.35. The highest BCUT2D eigenvalue weighted by atomic mass is 32.2. The van der Waals surface area contributed by atoms with Gasteiger partial charge in [0.05, 0.1) is 12.0 Å². The zero-order chi connectivity index (χ0) is 19.6. The molecule has 1 saturated heterocycles. The van der Waals surface area contributed by atoms with Crippen molar-refractivity contribution < 1.29 is 22.7 Å². The van der Waals surface area contributed by atoms with E-state index in [4.69, 9.17) is 0 Å². The maximum atomic E-state index is 13.0. The van der Waals surface area contributed by atoms with E-state index in [0.29, 0.717) is 30.9 Å². The fraction of sp³-hybridized carbons (Fsp3) is 0.412. The second kappa shape index (κ2) is 7.83. The number of hydrogen-bond donors (Lipinski definition) is 0. The SMILES string of the molecule is COC(=O)c1ccc(S(=O)(=O)N2CCCN(C(=O)c3cccs3)CC2)n1C. The monoisotopic (exact) mass is 411 g/mol. The molecule has 2 aromatic heterocycles. The lowest BCUT2D eigenvalue weighted by atomic mass is 10.3. The smallest absolute Gasteiger partial charge is 0.354 e. The number of carbonyl (C=O) groups excluding carboxylic acids is 2. The Kier molecular flexibility index (Phi) is 5.68. The van der Waals surface area contributed by atoms with E-state index in [0.717, 1.165) is 0 Å². The minimum absolute atomic E-state index is 0.0286. The van der Waals surface area contributed by atoms with Crippen LogP contribution in [0.5, 0.6) is 0 Å². The van der Waals surface area contributed by atoms with Crippen molar-refractivity contribution in [3.8, 4) is 0 Å². The highest BCUT2D eigenvalue weighted by molar-refractivity contribution is 7.89. The van der Waals surface area contributed by atoms with Crippen molar-refractivity contribution in [3.63, 3.8) is 0 Å². The molecule has 8 nitrogen and oxygen atoms in total. The molecule has 27 heavy (non-hydrogen) atoms. The third kappa shape index (κ3) is 3.78. The molecule has 1 fully saturated rings. The maximum absolute atomic E-state index is 13.0. The summed E-state index contributed by atoms with van der Waals surface area (Å²) in [6.07, 6.45) is 0.546. The number of methoxy groups -OCH3 is 1. The number of carbonyl (C=O) groups is 2. The Balaban J connectivity index is 1.78. The Morgan fingerprint density at radius 1 is 1.11 bits per heavy atom. The van der Waals surface area contributed by atoms with Gasteiger partial charge in [-0.25, -0.2) is 13.2 Å². The van der Waals surface area contributed by atoms with E-state index in [1.807, 2.05) is 11.4 Å². The summed E-state index contributed by atoms with van der Waals surface area (Å²) >= 11 is 1.37. The average molecular weight is 412 g/mol. The molecule has 146 valence electrons. The van der Waals surface area contributed by atoms with Crippen LogP contribution in [-0.2, 0) is 21.8 Å². The summed E-state index contributed by atoms with van der Waals surface area (Å²) in [7, 11) is -1.02. The van der Waals surface area contributed by atoms with Gasteiger partial charge in [-0.2, -0.15) is 4.31 Å². The van der Waals surface area contributed by atoms with Gasteiger partial charge in [-0.05, 0) is 30.0 Å². The molecule has 0 bridgehead atoms. The summed E-state index contributed by atoms with van der Waals surface area (Å²) in [5.74, 6) is -0.668. The minimum Gasteiger partial charge on any atom is -0.464 e. The van der Waals surface area contributed by atoms with E-state index in [2.05, 4.69) is 4.74 Å². The highest BCUT2D eigenvalue weighted by Gasteiger charge is 2.31. The van der Waals surface area contributed by atoms with Crippen LogP contribution in [-0.4, -0.2) is 67.4 Å². The first-order valence-corrected chi connectivity index (χ1v) is 10.7. The van der Waals surface area contributed by atoms with Crippen molar-refractivity contribution in [3.05, 3.63) is 40.2 Å². The van der Waals surface area contributed by atoms with E-state index in [9.17, 15) is 18.0 Å². The first kappa shape index (κ1) is 19.6. The Bertz CT molecular complexity index is 934. The topological polar surface area (TPSA) is 88.9 Å². The largest absolute Gasteiger partial charge is 0.464 e. The molecular formula is C17H21N3O5S2. The summed E-state index contributed by atoms with van der Waals surface area (Å²) < 4.78 is 33.4. The average Bonchev–Trinajstić information content (AvgIpc) is 3.24. The van der Waals surface area contributed by atoms with Crippen molar-refractivity contribution in [1.29, 1.82) is 0 Å². The number of rotatable bonds is 4. The number of sulfonamides is 1. The fourth-order valence-electron chi connectivity index (χ4n) is 3.09. The molecular weight excluding hydrogens is 390 g/mol. The van der Waals surface area contributed by atoms with Crippen LogP contribution in [0.1, 0.15) is 26.6 Å². The molecule has 3 heterocycles. The third-order valence-corrected chi connectivity index (χ3v) is 7.39. The van der Waals surface area contributed by atoms with Crippen molar-refractivity contribution in [2.45, 2.75) is 11.4 Å². The molecule has 0 N–H and O–H groups in total. The Morgan fingerprint density at radius 2 is 1.89 bits per heavy atom. The van der Waals surface area contributed by atoms with Gasteiger partial charge in [-0.15, -0.1) is 11.3 Å². The zero-order valence-corrected chi connectivity index (χ0v) is 16.8. The number of hydrogen-bond acceptors (Lipinski definition) is 6. The Labute approximate surface area is 162 Å². The van der Waals surface area contributed by atoms with Crippen LogP contribution < -0.4 is 0 Å². The molecule has 0 aromatic carbocycles. The fourth-order valence-corrected chi connectivity index (χ4v) is 5.42. The van der Waals surface area contributed by atoms with Crippen molar-refractivity contribution in [2.24, 2.45) is 7.05 Å². The molecule has 0 spiro atoms. The molecule has 3 rings (SSSR count). The van der Waals surface area contributed by atoms with Gasteiger partial charge in [0.1, 0.15) is 5.69 Å². The van der Waals surface area contributed by atoms with Crippen LogP contribution in [0.15, 0.2) is 34.7 Å². The second-order valence-electron chi connectivity index (χ2n) is 6.13. The number of amides is 1. The summed E-state index contributed by atoms with van der Waals surface area (Å²) in [5, 5.41) is 1.87. The van der Waals surface area contributed by atoms with Crippen molar-refractivity contribution >= 4 is 33.2 Å². The lowest BCUT2D eigenvalue weighted by molar-refractivity contribution is 0.0588. The van der Waals surface area contributed by atoms with Crippen molar-refractivity contribution in [1.82, 2.24) is 13.8 Å². The van der Waals surface area contributed by atoms with Crippen LogP contribution in [0, 0.1) is 0 Å². The van der Waals surface area contributed by atoms with Gasteiger partial charge in [0.15, 0.2) is 5.03 Å². The van der Waals surface area contributed by atoms with Gasteiger partial charge in [0.2, 0.25) is 0 Å². The lowest BCUT2D eigenvalue weighted by Crippen LogP contribution is -2.37. The molecule has 0 aliphatic carbocycles. The quantitative estimate of drug-likeness (QED) is 0.710. The first-order chi connectivity index (χ1) is 12.9. The van der Waals surface area contributed by atoms with Crippen LogP contribution in [0.3, 0.4) is 0 Å². The van der Waals surface area contributed by atoms with Crippen LogP contribution in [0.4, 0.5) is 0 Å². The van der Waals surface area contributed by atoms with Crippen LogP contribution in [0.2, 0.25) is 0 Å². The van der Waals surface area contributed by atoms with Gasteiger partial charge in [0.25, 0.3) is 15.9 Å². The highest BCUT2D eigenvalue weighted by Crippen LogP contribution is 2.21. The molecule has 0 unspecified atom stereocenters.